The maximum atomic E-state index is 13.6. The second-order valence-electron chi connectivity index (χ2n) is 7.58. The molecule has 0 saturated heterocycles. The summed E-state index contributed by atoms with van der Waals surface area (Å²) in [6.07, 6.45) is 1.17. The number of sulfone groups is 1. The molecule has 0 aliphatic carbocycles. The summed E-state index contributed by atoms with van der Waals surface area (Å²) in [5.41, 5.74) is 2.64. The van der Waals surface area contributed by atoms with Crippen LogP contribution < -0.4 is 5.32 Å². The van der Waals surface area contributed by atoms with E-state index in [2.05, 4.69) is 5.32 Å². The van der Waals surface area contributed by atoms with E-state index in [-0.39, 0.29) is 16.3 Å². The summed E-state index contributed by atoms with van der Waals surface area (Å²) >= 11 is 6.30. The third kappa shape index (κ3) is 5.20. The molecule has 9 heteroatoms. The molecule has 1 aromatic heterocycles. The van der Waals surface area contributed by atoms with E-state index in [9.17, 15) is 22.7 Å². The van der Waals surface area contributed by atoms with Crippen LogP contribution in [0.1, 0.15) is 35.6 Å². The van der Waals surface area contributed by atoms with E-state index in [1.807, 2.05) is 6.92 Å². The molecule has 0 saturated carbocycles. The van der Waals surface area contributed by atoms with E-state index in [4.69, 9.17) is 11.6 Å². The fourth-order valence-corrected chi connectivity index (χ4v) is 4.44. The first-order valence-electron chi connectivity index (χ1n) is 9.99. The SMILES string of the molecule is CCc1c(C(=O)Nc2ccc(S(C)(=O)=O)cc2)cc(C[C@H](C)O)n1-c1ccc(F)cc1Cl. The second-order valence-corrected chi connectivity index (χ2v) is 10.0. The maximum Gasteiger partial charge on any atom is 0.257 e. The molecule has 1 heterocycles. The van der Waals surface area contributed by atoms with Crippen molar-refractivity contribution in [3.8, 4) is 5.69 Å². The van der Waals surface area contributed by atoms with Gasteiger partial charge in [-0.1, -0.05) is 18.5 Å². The number of amides is 1. The van der Waals surface area contributed by atoms with Crippen LogP contribution in [0, 0.1) is 5.82 Å². The van der Waals surface area contributed by atoms with Crippen molar-refractivity contribution >= 4 is 33.0 Å². The molecule has 170 valence electrons. The van der Waals surface area contributed by atoms with E-state index in [0.717, 1.165) is 6.26 Å². The lowest BCUT2D eigenvalue weighted by Crippen LogP contribution is -2.15. The molecule has 0 fully saturated rings. The van der Waals surface area contributed by atoms with Crippen molar-refractivity contribution in [1.82, 2.24) is 4.57 Å². The first-order chi connectivity index (χ1) is 15.0. The van der Waals surface area contributed by atoms with E-state index in [1.54, 1.807) is 17.6 Å². The molecule has 0 radical (unpaired) electrons. The van der Waals surface area contributed by atoms with Gasteiger partial charge in [0, 0.05) is 29.8 Å². The lowest BCUT2D eigenvalue weighted by atomic mass is 10.1. The van der Waals surface area contributed by atoms with Crippen LogP contribution in [0.25, 0.3) is 5.69 Å². The Bertz CT molecular complexity index is 1250. The molecule has 0 aliphatic rings. The van der Waals surface area contributed by atoms with Gasteiger partial charge in [-0.3, -0.25) is 4.79 Å². The first-order valence-corrected chi connectivity index (χ1v) is 12.3. The van der Waals surface area contributed by atoms with Gasteiger partial charge in [-0.2, -0.15) is 0 Å². The van der Waals surface area contributed by atoms with Crippen LogP contribution in [0.3, 0.4) is 0 Å². The summed E-state index contributed by atoms with van der Waals surface area (Å²) in [4.78, 5) is 13.3. The Balaban J connectivity index is 2.04. The van der Waals surface area contributed by atoms with Crippen molar-refractivity contribution < 1.29 is 22.7 Å². The number of carbonyl (C=O) groups excluding carboxylic acids is 1. The molecule has 1 atom stereocenters. The summed E-state index contributed by atoms with van der Waals surface area (Å²) in [6.45, 7) is 3.52. The van der Waals surface area contributed by atoms with Crippen molar-refractivity contribution in [2.45, 2.75) is 37.7 Å². The van der Waals surface area contributed by atoms with Gasteiger partial charge in [-0.05, 0) is 61.9 Å². The van der Waals surface area contributed by atoms with Crippen LogP contribution in [-0.2, 0) is 22.7 Å². The number of hydrogen-bond donors (Lipinski definition) is 2. The fourth-order valence-electron chi connectivity index (χ4n) is 3.55. The van der Waals surface area contributed by atoms with Gasteiger partial charge in [0.1, 0.15) is 5.82 Å². The summed E-state index contributed by atoms with van der Waals surface area (Å²) in [7, 11) is -3.34. The number of aliphatic hydroxyl groups excluding tert-OH is 1. The zero-order valence-electron chi connectivity index (χ0n) is 17.9. The first kappa shape index (κ1) is 24.0. The minimum atomic E-state index is -3.34. The Morgan fingerprint density at radius 2 is 1.84 bits per heavy atom. The summed E-state index contributed by atoms with van der Waals surface area (Å²) in [5.74, 6) is -0.866. The number of aliphatic hydroxyl groups is 1. The highest BCUT2D eigenvalue weighted by molar-refractivity contribution is 7.90. The van der Waals surface area contributed by atoms with Gasteiger partial charge in [0.05, 0.1) is 27.3 Å². The molecule has 3 aromatic rings. The third-order valence-corrected chi connectivity index (χ3v) is 6.39. The zero-order chi connectivity index (χ0) is 23.6. The molecule has 1 amide bonds. The third-order valence-electron chi connectivity index (χ3n) is 4.95. The number of nitrogens with zero attached hydrogens (tertiary/aromatic N) is 1. The standard InChI is InChI=1S/C23H24ClFN2O4S/c1-4-21-19(23(29)26-16-6-8-18(9-7-16)32(3,30)31)13-17(11-14(2)28)27(21)22-10-5-15(25)12-20(22)24/h5-10,12-14,28H,4,11H2,1-3H3,(H,26,29)/t14-/m0/s1. The topological polar surface area (TPSA) is 88.4 Å². The van der Waals surface area contributed by atoms with E-state index < -0.39 is 27.7 Å². The van der Waals surface area contributed by atoms with Crippen molar-refractivity contribution in [3.05, 3.63) is 76.3 Å². The molecular weight excluding hydrogens is 455 g/mol. The highest BCUT2D eigenvalue weighted by Crippen LogP contribution is 2.29. The number of halogens is 2. The Hall–Kier alpha value is -2.68. The van der Waals surface area contributed by atoms with Crippen molar-refractivity contribution in [3.63, 3.8) is 0 Å². The summed E-state index contributed by atoms with van der Waals surface area (Å²) < 4.78 is 38.6. The van der Waals surface area contributed by atoms with Crippen LogP contribution in [0.4, 0.5) is 10.1 Å². The monoisotopic (exact) mass is 478 g/mol. The Morgan fingerprint density at radius 3 is 2.38 bits per heavy atom. The van der Waals surface area contributed by atoms with Gasteiger partial charge in [-0.25, -0.2) is 12.8 Å². The molecule has 32 heavy (non-hydrogen) atoms. The average molecular weight is 479 g/mol. The lowest BCUT2D eigenvalue weighted by Gasteiger charge is -2.16. The highest BCUT2D eigenvalue weighted by atomic mass is 35.5. The molecule has 0 unspecified atom stereocenters. The zero-order valence-corrected chi connectivity index (χ0v) is 19.5. The molecule has 0 bridgehead atoms. The van der Waals surface area contributed by atoms with Crippen LogP contribution in [0.2, 0.25) is 5.02 Å². The Labute approximate surface area is 191 Å². The molecule has 0 spiro atoms. The van der Waals surface area contributed by atoms with Gasteiger partial charge < -0.3 is 15.0 Å². The van der Waals surface area contributed by atoms with Gasteiger partial charge in [0.25, 0.3) is 5.91 Å². The second kappa shape index (κ2) is 9.44. The minimum Gasteiger partial charge on any atom is -0.393 e. The molecule has 2 N–H and O–H groups in total. The van der Waals surface area contributed by atoms with Crippen molar-refractivity contribution in [2.24, 2.45) is 0 Å². The van der Waals surface area contributed by atoms with Crippen molar-refractivity contribution in [1.29, 1.82) is 0 Å². The normalized spacial score (nSPS) is 12.6. The predicted octanol–water partition coefficient (Wildman–Crippen LogP) is 4.41. The van der Waals surface area contributed by atoms with Crippen molar-refractivity contribution in [2.75, 3.05) is 11.6 Å². The predicted molar refractivity (Wildman–Crippen MR) is 123 cm³/mol. The quantitative estimate of drug-likeness (QED) is 0.526. The largest absolute Gasteiger partial charge is 0.393 e. The van der Waals surface area contributed by atoms with Crippen LogP contribution in [-0.4, -0.2) is 36.4 Å². The number of nitrogens with one attached hydrogen (secondary N) is 1. The van der Waals surface area contributed by atoms with Gasteiger partial charge in [0.2, 0.25) is 0 Å². The molecule has 0 aliphatic heterocycles. The average Bonchev–Trinajstić information content (AvgIpc) is 3.05. The number of aromatic nitrogens is 1. The van der Waals surface area contributed by atoms with E-state index >= 15 is 0 Å². The highest BCUT2D eigenvalue weighted by Gasteiger charge is 2.22. The number of rotatable bonds is 7. The van der Waals surface area contributed by atoms with Crippen LogP contribution >= 0.6 is 11.6 Å². The summed E-state index contributed by atoms with van der Waals surface area (Å²) in [5, 5.41) is 12.9. The smallest absolute Gasteiger partial charge is 0.257 e. The Kier molecular flexibility index (Phi) is 7.07. The lowest BCUT2D eigenvalue weighted by molar-refractivity contribution is 0.102. The molecule has 2 aromatic carbocycles. The van der Waals surface area contributed by atoms with Gasteiger partial charge in [-0.15, -0.1) is 0 Å². The van der Waals surface area contributed by atoms with E-state index in [0.29, 0.717) is 34.7 Å². The van der Waals surface area contributed by atoms with Crippen LogP contribution in [0.5, 0.6) is 0 Å². The van der Waals surface area contributed by atoms with Gasteiger partial charge >= 0.3 is 0 Å². The molecule has 3 rings (SSSR count). The minimum absolute atomic E-state index is 0.154. The summed E-state index contributed by atoms with van der Waals surface area (Å²) in [6, 6.07) is 11.6. The number of anilines is 1. The Morgan fingerprint density at radius 1 is 1.19 bits per heavy atom. The maximum absolute atomic E-state index is 13.6. The van der Waals surface area contributed by atoms with Gasteiger partial charge in [0.15, 0.2) is 9.84 Å². The van der Waals surface area contributed by atoms with Crippen LogP contribution in [0.15, 0.2) is 53.4 Å². The fraction of sp³-hybridized carbons (Fsp3) is 0.261. The molecular formula is C23H24ClFN2O4S. The number of benzene rings is 2. The molecule has 6 nitrogen and oxygen atoms in total. The van der Waals surface area contributed by atoms with E-state index in [1.165, 1.54) is 42.5 Å². The number of hydrogen-bond acceptors (Lipinski definition) is 4. The number of carbonyl (C=O) groups is 1.